The Labute approximate surface area is 112 Å². The number of anilines is 1. The number of halogens is 1. The van der Waals surface area contributed by atoms with E-state index in [-0.39, 0.29) is 0 Å². The number of hydrogen-bond donors (Lipinski definition) is 0. The number of nitrogens with zero attached hydrogens (tertiary/aromatic N) is 2. The minimum absolute atomic E-state index is 0.832. The molecule has 1 aliphatic heterocycles. The Hall–Kier alpha value is -0.540. The topological polar surface area (TPSA) is 6.48 Å². The molecule has 1 saturated heterocycles. The van der Waals surface area contributed by atoms with Crippen LogP contribution in [-0.4, -0.2) is 38.1 Å². The molecular weight excluding hydrogens is 276 g/mol. The van der Waals surface area contributed by atoms with Crippen molar-refractivity contribution in [1.82, 2.24) is 4.90 Å². The number of benzene rings is 1. The summed E-state index contributed by atoms with van der Waals surface area (Å²) in [4.78, 5) is 4.91. The fourth-order valence-corrected chi connectivity index (χ4v) is 2.99. The van der Waals surface area contributed by atoms with E-state index in [1.165, 1.54) is 41.7 Å². The van der Waals surface area contributed by atoms with Crippen molar-refractivity contribution in [1.29, 1.82) is 0 Å². The molecule has 1 heterocycles. The molecule has 1 saturated carbocycles. The maximum Gasteiger partial charge on any atom is 0.0381 e. The molecule has 17 heavy (non-hydrogen) atoms. The quantitative estimate of drug-likeness (QED) is 0.827. The molecule has 2 nitrogen and oxygen atoms in total. The third-order valence-corrected chi connectivity index (χ3v) is 4.28. The lowest BCUT2D eigenvalue weighted by atomic mass is 10.1. The van der Waals surface area contributed by atoms with Gasteiger partial charge in [-0.25, -0.2) is 0 Å². The van der Waals surface area contributed by atoms with Crippen LogP contribution in [0.15, 0.2) is 22.7 Å². The summed E-state index contributed by atoms with van der Waals surface area (Å²) in [7, 11) is 2.20. The van der Waals surface area contributed by atoms with Crippen molar-refractivity contribution in [3.8, 4) is 0 Å². The van der Waals surface area contributed by atoms with E-state index in [1.54, 1.807) is 0 Å². The van der Waals surface area contributed by atoms with Crippen LogP contribution in [-0.2, 0) is 0 Å². The van der Waals surface area contributed by atoms with E-state index in [0.717, 1.165) is 19.0 Å². The van der Waals surface area contributed by atoms with Gasteiger partial charge in [-0.1, -0.05) is 15.9 Å². The van der Waals surface area contributed by atoms with Crippen molar-refractivity contribution >= 4 is 21.6 Å². The van der Waals surface area contributed by atoms with Gasteiger partial charge in [-0.2, -0.15) is 0 Å². The highest BCUT2D eigenvalue weighted by Gasteiger charge is 2.25. The highest BCUT2D eigenvalue weighted by atomic mass is 79.9. The zero-order valence-corrected chi connectivity index (χ0v) is 11.9. The molecule has 0 atom stereocenters. The first-order valence-corrected chi connectivity index (χ1v) is 7.25. The van der Waals surface area contributed by atoms with Crippen LogP contribution in [0.2, 0.25) is 0 Å². The second-order valence-electron chi connectivity index (χ2n) is 5.31. The average molecular weight is 295 g/mol. The molecule has 0 amide bonds. The van der Waals surface area contributed by atoms with Crippen LogP contribution in [0.3, 0.4) is 0 Å². The zero-order valence-electron chi connectivity index (χ0n) is 10.3. The van der Waals surface area contributed by atoms with Crippen molar-refractivity contribution in [2.24, 2.45) is 0 Å². The molecular formula is C14H19BrN2. The SMILES string of the molecule is CN1CCN(c2cc(Br)cc(C3CC3)c2)CC1. The molecule has 0 spiro atoms. The molecule has 0 radical (unpaired) electrons. The highest BCUT2D eigenvalue weighted by molar-refractivity contribution is 9.10. The number of piperazine rings is 1. The molecule has 2 fully saturated rings. The van der Waals surface area contributed by atoms with Crippen molar-refractivity contribution in [3.63, 3.8) is 0 Å². The average Bonchev–Trinajstić information content (AvgIpc) is 3.13. The van der Waals surface area contributed by atoms with Gasteiger partial charge in [-0.15, -0.1) is 0 Å². The van der Waals surface area contributed by atoms with Crippen molar-refractivity contribution in [2.45, 2.75) is 18.8 Å². The second-order valence-corrected chi connectivity index (χ2v) is 6.22. The van der Waals surface area contributed by atoms with Gasteiger partial charge in [0.25, 0.3) is 0 Å². The predicted molar refractivity (Wildman–Crippen MR) is 75.8 cm³/mol. The van der Waals surface area contributed by atoms with Gasteiger partial charge < -0.3 is 9.80 Å². The van der Waals surface area contributed by atoms with E-state index in [9.17, 15) is 0 Å². The Bertz CT molecular complexity index is 407. The van der Waals surface area contributed by atoms with Crippen LogP contribution in [0.25, 0.3) is 0 Å². The molecule has 0 N–H and O–H groups in total. The molecule has 0 bridgehead atoms. The van der Waals surface area contributed by atoms with Crippen molar-refractivity contribution in [2.75, 3.05) is 38.1 Å². The monoisotopic (exact) mass is 294 g/mol. The molecule has 1 aromatic carbocycles. The zero-order chi connectivity index (χ0) is 11.8. The lowest BCUT2D eigenvalue weighted by Crippen LogP contribution is -2.44. The Morgan fingerprint density at radius 1 is 1.06 bits per heavy atom. The summed E-state index contributed by atoms with van der Waals surface area (Å²) in [6.07, 6.45) is 2.75. The Morgan fingerprint density at radius 2 is 1.76 bits per heavy atom. The molecule has 92 valence electrons. The smallest absolute Gasteiger partial charge is 0.0381 e. The Morgan fingerprint density at radius 3 is 2.41 bits per heavy atom. The lowest BCUT2D eigenvalue weighted by Gasteiger charge is -2.34. The Kier molecular flexibility index (Phi) is 3.14. The Balaban J connectivity index is 1.81. The number of hydrogen-bond acceptors (Lipinski definition) is 2. The largest absolute Gasteiger partial charge is 0.369 e. The molecule has 0 aromatic heterocycles. The van der Waals surface area contributed by atoms with Crippen molar-refractivity contribution in [3.05, 3.63) is 28.2 Å². The van der Waals surface area contributed by atoms with Crippen LogP contribution in [0.1, 0.15) is 24.3 Å². The van der Waals surface area contributed by atoms with Crippen LogP contribution in [0.5, 0.6) is 0 Å². The summed E-state index contributed by atoms with van der Waals surface area (Å²) < 4.78 is 1.23. The first kappa shape index (κ1) is 11.5. The molecule has 1 aromatic rings. The van der Waals surface area contributed by atoms with E-state index in [1.807, 2.05) is 0 Å². The summed E-state index contributed by atoms with van der Waals surface area (Å²) in [5, 5.41) is 0. The highest BCUT2D eigenvalue weighted by Crippen LogP contribution is 2.42. The summed E-state index contributed by atoms with van der Waals surface area (Å²) in [5.74, 6) is 0.832. The number of rotatable bonds is 2. The maximum atomic E-state index is 3.65. The predicted octanol–water partition coefficient (Wildman–Crippen LogP) is 3.08. The van der Waals surface area contributed by atoms with E-state index >= 15 is 0 Å². The fraction of sp³-hybridized carbons (Fsp3) is 0.571. The summed E-state index contributed by atoms with van der Waals surface area (Å²) in [6, 6.07) is 6.95. The minimum Gasteiger partial charge on any atom is -0.369 e. The van der Waals surface area contributed by atoms with Crippen LogP contribution < -0.4 is 4.90 Å². The van der Waals surface area contributed by atoms with Gasteiger partial charge in [-0.05, 0) is 49.6 Å². The summed E-state index contributed by atoms with van der Waals surface area (Å²) in [6.45, 7) is 4.64. The van der Waals surface area contributed by atoms with Gasteiger partial charge in [0.1, 0.15) is 0 Å². The molecule has 3 rings (SSSR count). The van der Waals surface area contributed by atoms with E-state index in [0.29, 0.717) is 0 Å². The normalized spacial score (nSPS) is 21.9. The summed E-state index contributed by atoms with van der Waals surface area (Å²) in [5.41, 5.74) is 2.92. The van der Waals surface area contributed by atoms with Crippen LogP contribution in [0.4, 0.5) is 5.69 Å². The van der Waals surface area contributed by atoms with Gasteiger partial charge in [0.15, 0.2) is 0 Å². The van der Waals surface area contributed by atoms with Gasteiger partial charge in [0.2, 0.25) is 0 Å². The van der Waals surface area contributed by atoms with E-state index < -0.39 is 0 Å². The summed E-state index contributed by atoms with van der Waals surface area (Å²) >= 11 is 3.65. The fourth-order valence-electron chi connectivity index (χ4n) is 2.50. The number of likely N-dealkylation sites (N-methyl/N-ethyl adjacent to an activating group) is 1. The lowest BCUT2D eigenvalue weighted by molar-refractivity contribution is 0.313. The van der Waals surface area contributed by atoms with Gasteiger partial charge in [0.05, 0.1) is 0 Å². The minimum atomic E-state index is 0.832. The first-order chi connectivity index (χ1) is 8.22. The third kappa shape index (κ3) is 2.66. The third-order valence-electron chi connectivity index (χ3n) is 3.82. The second kappa shape index (κ2) is 4.62. The van der Waals surface area contributed by atoms with Crippen molar-refractivity contribution < 1.29 is 0 Å². The van der Waals surface area contributed by atoms with Crippen LogP contribution >= 0.6 is 15.9 Å². The maximum absolute atomic E-state index is 3.65. The van der Waals surface area contributed by atoms with Gasteiger partial charge in [-0.3, -0.25) is 0 Å². The van der Waals surface area contributed by atoms with Gasteiger partial charge in [0, 0.05) is 36.3 Å². The molecule has 2 aliphatic rings. The standard InChI is InChI=1S/C14H19BrN2/c1-16-4-6-17(7-5-16)14-9-12(11-2-3-11)8-13(15)10-14/h8-11H,2-7H2,1H3. The van der Waals surface area contributed by atoms with Crippen LogP contribution in [0, 0.1) is 0 Å². The van der Waals surface area contributed by atoms with E-state index in [2.05, 4.69) is 51.0 Å². The molecule has 3 heteroatoms. The van der Waals surface area contributed by atoms with E-state index in [4.69, 9.17) is 0 Å². The first-order valence-electron chi connectivity index (χ1n) is 6.46. The molecule has 1 aliphatic carbocycles. The molecule has 0 unspecified atom stereocenters. The van der Waals surface area contributed by atoms with Gasteiger partial charge >= 0.3 is 0 Å².